The van der Waals surface area contributed by atoms with E-state index in [4.69, 9.17) is 11.6 Å². The minimum atomic E-state index is -3.20. The van der Waals surface area contributed by atoms with Crippen molar-refractivity contribution >= 4 is 51.4 Å². The van der Waals surface area contributed by atoms with Gasteiger partial charge in [0.05, 0.1) is 11.4 Å². The zero-order chi connectivity index (χ0) is 20.6. The summed E-state index contributed by atoms with van der Waals surface area (Å²) in [5.41, 5.74) is 2.98. The first-order valence-electron chi connectivity index (χ1n) is 9.36. The van der Waals surface area contributed by atoms with Gasteiger partial charge >= 0.3 is 0 Å². The topological polar surface area (TPSA) is 70.6 Å². The minimum absolute atomic E-state index is 0. The fourth-order valence-electron chi connectivity index (χ4n) is 2.89. The lowest BCUT2D eigenvalue weighted by atomic mass is 10.1. The van der Waals surface area contributed by atoms with E-state index in [1.165, 1.54) is 11.8 Å². The van der Waals surface area contributed by atoms with Gasteiger partial charge in [-0.3, -0.25) is 0 Å². The zero-order valence-corrected chi connectivity index (χ0v) is 20.9. The van der Waals surface area contributed by atoms with Crippen LogP contribution >= 0.6 is 35.6 Å². The quantitative estimate of drug-likeness (QED) is 0.222. The van der Waals surface area contributed by atoms with Gasteiger partial charge in [-0.15, -0.1) is 24.0 Å². The molecule has 0 fully saturated rings. The molecule has 2 rings (SSSR count). The van der Waals surface area contributed by atoms with Crippen molar-refractivity contribution in [3.05, 3.63) is 64.2 Å². The Bertz CT molecular complexity index is 916. The molecule has 0 bridgehead atoms. The summed E-state index contributed by atoms with van der Waals surface area (Å²) in [5, 5.41) is 7.33. The van der Waals surface area contributed by atoms with Crippen LogP contribution in [-0.4, -0.2) is 33.7 Å². The number of aryl methyl sites for hydroxylation is 2. The van der Waals surface area contributed by atoms with Crippen molar-refractivity contribution in [3.63, 3.8) is 0 Å². The van der Waals surface area contributed by atoms with Gasteiger partial charge in [0.1, 0.15) is 0 Å². The van der Waals surface area contributed by atoms with Crippen LogP contribution in [0.5, 0.6) is 0 Å². The summed E-state index contributed by atoms with van der Waals surface area (Å²) in [5.74, 6) is 0.753. The van der Waals surface area contributed by atoms with Crippen molar-refractivity contribution in [2.24, 2.45) is 4.99 Å². The molecule has 0 heterocycles. The highest BCUT2D eigenvalue weighted by Gasteiger charge is 2.10. The van der Waals surface area contributed by atoms with Gasteiger partial charge in [0.2, 0.25) is 0 Å². The molecule has 2 aromatic rings. The Morgan fingerprint density at radius 3 is 2.31 bits per heavy atom. The summed E-state index contributed by atoms with van der Waals surface area (Å²) < 4.78 is 23.5. The predicted octanol–water partition coefficient (Wildman–Crippen LogP) is 4.36. The molecule has 2 aromatic carbocycles. The van der Waals surface area contributed by atoms with E-state index in [0.717, 1.165) is 48.0 Å². The van der Waals surface area contributed by atoms with Gasteiger partial charge in [-0.2, -0.15) is 0 Å². The third kappa shape index (κ3) is 8.92. The van der Waals surface area contributed by atoms with E-state index in [9.17, 15) is 8.42 Å². The van der Waals surface area contributed by atoms with Crippen molar-refractivity contribution < 1.29 is 8.42 Å². The van der Waals surface area contributed by atoms with Gasteiger partial charge < -0.3 is 10.6 Å². The number of benzene rings is 2. The van der Waals surface area contributed by atoms with Crippen LogP contribution in [0.4, 0.5) is 0 Å². The minimum Gasteiger partial charge on any atom is -0.357 e. The molecule has 0 aromatic heterocycles. The Morgan fingerprint density at radius 1 is 1.07 bits per heavy atom. The Labute approximate surface area is 196 Å². The average Bonchev–Trinajstić information content (AvgIpc) is 2.63. The highest BCUT2D eigenvalue weighted by atomic mass is 127. The fraction of sp³-hybridized carbons (Fsp3) is 0.381. The van der Waals surface area contributed by atoms with Crippen molar-refractivity contribution in [3.8, 4) is 0 Å². The molecule has 0 unspecified atom stereocenters. The molecule has 0 aliphatic rings. The molecule has 2 N–H and O–H groups in total. The second kappa shape index (κ2) is 12.4. The molecule has 0 spiro atoms. The van der Waals surface area contributed by atoms with Crippen LogP contribution in [0.1, 0.15) is 30.0 Å². The summed E-state index contributed by atoms with van der Waals surface area (Å²) in [6, 6.07) is 13.3. The maximum absolute atomic E-state index is 11.7. The monoisotopic (exact) mass is 549 g/mol. The lowest BCUT2D eigenvalue weighted by Crippen LogP contribution is -2.37. The lowest BCUT2D eigenvalue weighted by Gasteiger charge is -2.12. The van der Waals surface area contributed by atoms with E-state index >= 15 is 0 Å². The molecular weight excluding hydrogens is 521 g/mol. The third-order valence-corrected chi connectivity index (χ3v) is 5.76. The molecular formula is C21H29ClIN3O2S. The van der Waals surface area contributed by atoms with Crippen molar-refractivity contribution in [2.75, 3.05) is 19.3 Å². The van der Waals surface area contributed by atoms with E-state index in [-0.39, 0.29) is 24.0 Å². The molecule has 8 heteroatoms. The van der Waals surface area contributed by atoms with Crippen LogP contribution in [-0.2, 0) is 22.8 Å². The van der Waals surface area contributed by atoms with Crippen LogP contribution in [0, 0.1) is 6.92 Å². The van der Waals surface area contributed by atoms with Crippen molar-refractivity contribution in [1.82, 2.24) is 10.6 Å². The maximum atomic E-state index is 11.7. The van der Waals surface area contributed by atoms with Gasteiger partial charge in [0.25, 0.3) is 0 Å². The highest BCUT2D eigenvalue weighted by molar-refractivity contribution is 14.0. The number of sulfone groups is 1. The molecule has 0 amide bonds. The molecule has 160 valence electrons. The zero-order valence-electron chi connectivity index (χ0n) is 17.0. The molecule has 29 heavy (non-hydrogen) atoms. The van der Waals surface area contributed by atoms with Gasteiger partial charge in [-0.1, -0.05) is 35.9 Å². The smallest absolute Gasteiger partial charge is 0.191 e. The number of nitrogens with zero attached hydrogens (tertiary/aromatic N) is 1. The summed E-state index contributed by atoms with van der Waals surface area (Å²) in [4.78, 5) is 4.97. The van der Waals surface area contributed by atoms with Gasteiger partial charge in [-0.25, -0.2) is 13.4 Å². The predicted molar refractivity (Wildman–Crippen MR) is 132 cm³/mol. The molecule has 0 aliphatic carbocycles. The van der Waals surface area contributed by atoms with Crippen LogP contribution in [0.3, 0.4) is 0 Å². The summed E-state index contributed by atoms with van der Waals surface area (Å²) in [6.07, 6.45) is 3.17. The standard InChI is InChI=1S/C21H28ClN3O2S.HI/c1-4-23-21(24-13-5-6-17-7-10-19(22)11-8-17)25-15-18-9-12-20(16(2)14-18)28(3,26)27;/h7-12,14H,4-6,13,15H2,1-3H3,(H2,23,24,25);1H. The van der Waals surface area contributed by atoms with E-state index in [2.05, 4.69) is 15.6 Å². The van der Waals surface area contributed by atoms with Gasteiger partial charge in [0, 0.05) is 24.4 Å². The number of hydrogen-bond acceptors (Lipinski definition) is 3. The summed E-state index contributed by atoms with van der Waals surface area (Å²) >= 11 is 5.91. The Balaban J connectivity index is 0.00000420. The highest BCUT2D eigenvalue weighted by Crippen LogP contribution is 2.17. The number of hydrogen-bond donors (Lipinski definition) is 2. The second-order valence-corrected chi connectivity index (χ2v) is 9.14. The van der Waals surface area contributed by atoms with Gasteiger partial charge in [-0.05, 0) is 61.6 Å². The van der Waals surface area contributed by atoms with E-state index in [1.807, 2.05) is 50.2 Å². The summed E-state index contributed by atoms with van der Waals surface area (Å²) in [6.45, 7) is 5.90. The van der Waals surface area contributed by atoms with Crippen molar-refractivity contribution in [1.29, 1.82) is 0 Å². The van der Waals surface area contributed by atoms with Crippen LogP contribution < -0.4 is 10.6 Å². The number of halogens is 2. The SMILES string of the molecule is CCNC(=NCc1ccc(S(C)(=O)=O)c(C)c1)NCCCc1ccc(Cl)cc1.I. The second-order valence-electron chi connectivity index (χ2n) is 6.72. The Morgan fingerprint density at radius 2 is 1.72 bits per heavy atom. The van der Waals surface area contributed by atoms with E-state index < -0.39 is 9.84 Å². The van der Waals surface area contributed by atoms with E-state index in [0.29, 0.717) is 11.4 Å². The normalized spacial score (nSPS) is 11.7. The van der Waals surface area contributed by atoms with Gasteiger partial charge in [0.15, 0.2) is 15.8 Å². The molecule has 0 saturated carbocycles. The molecule has 0 atom stereocenters. The number of aliphatic imine (C=N–C) groups is 1. The molecule has 5 nitrogen and oxygen atoms in total. The number of nitrogens with one attached hydrogen (secondary N) is 2. The summed E-state index contributed by atoms with van der Waals surface area (Å²) in [7, 11) is -3.20. The first kappa shape index (κ1) is 25.7. The first-order valence-corrected chi connectivity index (χ1v) is 11.6. The molecule has 0 saturated heterocycles. The van der Waals surface area contributed by atoms with Crippen LogP contribution in [0.15, 0.2) is 52.4 Å². The third-order valence-electron chi connectivity index (χ3n) is 4.25. The lowest BCUT2D eigenvalue weighted by molar-refractivity contribution is 0.601. The Hall–Kier alpha value is -1.32. The number of guanidine groups is 1. The van der Waals surface area contributed by atoms with Crippen LogP contribution in [0.25, 0.3) is 0 Å². The molecule has 0 aliphatic heterocycles. The molecule has 0 radical (unpaired) electrons. The first-order chi connectivity index (χ1) is 13.3. The Kier molecular flexibility index (Phi) is 11.0. The average molecular weight is 550 g/mol. The number of rotatable bonds is 8. The van der Waals surface area contributed by atoms with Crippen LogP contribution in [0.2, 0.25) is 5.02 Å². The maximum Gasteiger partial charge on any atom is 0.191 e. The fourth-order valence-corrected chi connectivity index (χ4v) is 3.97. The largest absolute Gasteiger partial charge is 0.357 e. The van der Waals surface area contributed by atoms with E-state index in [1.54, 1.807) is 6.07 Å². The van der Waals surface area contributed by atoms with Crippen molar-refractivity contribution in [2.45, 2.75) is 38.1 Å².